The maximum absolute atomic E-state index is 12.3. The molecule has 158 valence electrons. The number of esters is 1. The lowest BCUT2D eigenvalue weighted by Crippen LogP contribution is -2.18. The molecule has 1 N–H and O–H groups in total. The molecule has 0 unspecified atom stereocenters. The molecule has 9 heteroatoms. The molecule has 0 heterocycles. The number of nitrogens with one attached hydrogen (secondary N) is 1. The molecule has 0 fully saturated rings. The predicted octanol–water partition coefficient (Wildman–Crippen LogP) is 3.84. The number of amides is 1. The Bertz CT molecular complexity index is 1060. The Morgan fingerprint density at radius 1 is 0.871 bits per heavy atom. The molecule has 0 atom stereocenters. The van der Waals surface area contributed by atoms with E-state index in [2.05, 4.69) is 5.32 Å². The first-order valence-electron chi connectivity index (χ1n) is 9.08. The van der Waals surface area contributed by atoms with Crippen molar-refractivity contribution < 1.29 is 28.7 Å². The van der Waals surface area contributed by atoms with Crippen molar-refractivity contribution in [3.63, 3.8) is 0 Å². The van der Waals surface area contributed by atoms with Gasteiger partial charge in [-0.3, -0.25) is 14.9 Å². The predicted molar refractivity (Wildman–Crippen MR) is 112 cm³/mol. The molecule has 3 rings (SSSR count). The van der Waals surface area contributed by atoms with Crippen LogP contribution >= 0.6 is 0 Å². The number of ether oxygens (including phenoxy) is 3. The summed E-state index contributed by atoms with van der Waals surface area (Å²) >= 11 is 0. The lowest BCUT2D eigenvalue weighted by molar-refractivity contribution is -0.384. The van der Waals surface area contributed by atoms with Crippen molar-refractivity contribution in [1.29, 1.82) is 0 Å². The van der Waals surface area contributed by atoms with Crippen molar-refractivity contribution in [2.45, 2.75) is 0 Å². The molecule has 0 aliphatic heterocycles. The van der Waals surface area contributed by atoms with Gasteiger partial charge in [-0.15, -0.1) is 0 Å². The summed E-state index contributed by atoms with van der Waals surface area (Å²) in [5.41, 5.74) is 0.925. The molecule has 0 saturated heterocycles. The Labute approximate surface area is 177 Å². The summed E-state index contributed by atoms with van der Waals surface area (Å²) in [5, 5.41) is 13.4. The van der Waals surface area contributed by atoms with Crippen LogP contribution < -0.4 is 19.5 Å². The highest BCUT2D eigenvalue weighted by Crippen LogP contribution is 2.19. The first-order chi connectivity index (χ1) is 14.9. The van der Waals surface area contributed by atoms with Gasteiger partial charge in [-0.25, -0.2) is 4.79 Å². The van der Waals surface area contributed by atoms with E-state index < -0.39 is 10.9 Å². The maximum Gasteiger partial charge on any atom is 0.349 e. The van der Waals surface area contributed by atoms with Gasteiger partial charge in [0.15, 0.2) is 6.61 Å². The van der Waals surface area contributed by atoms with Crippen LogP contribution in [0.5, 0.6) is 17.2 Å². The zero-order valence-corrected chi connectivity index (χ0v) is 16.4. The van der Waals surface area contributed by atoms with Gasteiger partial charge in [0.2, 0.25) is 0 Å². The van der Waals surface area contributed by atoms with Crippen LogP contribution in [0.4, 0.5) is 11.4 Å². The van der Waals surface area contributed by atoms with Crippen LogP contribution in [0.15, 0.2) is 72.8 Å². The van der Waals surface area contributed by atoms with Crippen LogP contribution in [0, 0.1) is 10.1 Å². The van der Waals surface area contributed by atoms with Gasteiger partial charge in [-0.1, -0.05) is 0 Å². The van der Waals surface area contributed by atoms with Gasteiger partial charge < -0.3 is 19.5 Å². The van der Waals surface area contributed by atoms with E-state index in [9.17, 15) is 19.7 Å². The molecule has 0 aliphatic rings. The number of nitro groups is 1. The lowest BCUT2D eigenvalue weighted by atomic mass is 10.2. The van der Waals surface area contributed by atoms with Crippen LogP contribution in [-0.2, 0) is 4.79 Å². The van der Waals surface area contributed by atoms with Crippen LogP contribution in [0.3, 0.4) is 0 Å². The minimum Gasteiger partial charge on any atom is -0.497 e. The van der Waals surface area contributed by atoms with Crippen molar-refractivity contribution in [2.24, 2.45) is 0 Å². The molecule has 0 aliphatic carbocycles. The monoisotopic (exact) mass is 422 g/mol. The average molecular weight is 422 g/mol. The summed E-state index contributed by atoms with van der Waals surface area (Å²) < 4.78 is 15.5. The Kier molecular flexibility index (Phi) is 6.79. The number of carbonyl (C=O) groups excluding carboxylic acids is 2. The van der Waals surface area contributed by atoms with E-state index in [1.165, 1.54) is 48.5 Å². The Morgan fingerprint density at radius 3 is 2.03 bits per heavy atom. The zero-order chi connectivity index (χ0) is 22.2. The quantitative estimate of drug-likeness (QED) is 0.254. The second kappa shape index (κ2) is 9.88. The van der Waals surface area contributed by atoms with Crippen molar-refractivity contribution in [3.05, 3.63) is 88.5 Å². The fraction of sp³-hybridized carbons (Fsp3) is 0.0909. The van der Waals surface area contributed by atoms with E-state index in [1.807, 2.05) is 0 Å². The number of carbonyl (C=O) groups is 2. The van der Waals surface area contributed by atoms with Gasteiger partial charge in [0.25, 0.3) is 11.6 Å². The molecule has 9 nitrogen and oxygen atoms in total. The smallest absolute Gasteiger partial charge is 0.349 e. The Morgan fingerprint density at radius 2 is 1.45 bits per heavy atom. The third-order valence-corrected chi connectivity index (χ3v) is 4.10. The number of methoxy groups -OCH3 is 1. The number of anilines is 1. The van der Waals surface area contributed by atoms with Gasteiger partial charge in [-0.05, 0) is 60.7 Å². The summed E-state index contributed by atoms with van der Waals surface area (Å²) in [6.45, 7) is -0.377. The van der Waals surface area contributed by atoms with Gasteiger partial charge >= 0.3 is 5.97 Å². The summed E-state index contributed by atoms with van der Waals surface area (Å²) in [5.74, 6) is 0.256. The molecule has 1 amide bonds. The standard InChI is InChI=1S/C22H18N2O7/c1-29-18-10-4-16(5-11-18)23-22(26)15-2-8-20(9-3-15)31-21(25)14-30-19-12-6-17(7-13-19)24(27)28/h2-13H,14H2,1H3,(H,23,26). The van der Waals surface area contributed by atoms with Gasteiger partial charge in [0.05, 0.1) is 12.0 Å². The number of hydrogen-bond donors (Lipinski definition) is 1. The number of hydrogen-bond acceptors (Lipinski definition) is 7. The Balaban J connectivity index is 1.50. The topological polar surface area (TPSA) is 117 Å². The molecule has 0 aromatic heterocycles. The number of non-ortho nitro benzene ring substituents is 1. The van der Waals surface area contributed by atoms with E-state index in [0.29, 0.717) is 22.7 Å². The number of rotatable bonds is 8. The van der Waals surface area contributed by atoms with Crippen LogP contribution in [0.1, 0.15) is 10.4 Å². The number of benzene rings is 3. The highest BCUT2D eigenvalue weighted by Gasteiger charge is 2.10. The van der Waals surface area contributed by atoms with Crippen molar-refractivity contribution in [3.8, 4) is 17.2 Å². The SMILES string of the molecule is COc1ccc(NC(=O)c2ccc(OC(=O)COc3ccc([N+](=O)[O-])cc3)cc2)cc1. The minimum absolute atomic E-state index is 0.0777. The number of nitro benzene ring substituents is 1. The molecule has 0 spiro atoms. The van der Waals surface area contributed by atoms with Crippen LogP contribution in [0.2, 0.25) is 0 Å². The second-order valence-corrected chi connectivity index (χ2v) is 6.22. The highest BCUT2D eigenvalue weighted by atomic mass is 16.6. The normalized spacial score (nSPS) is 10.1. The summed E-state index contributed by atoms with van der Waals surface area (Å²) in [6.07, 6.45) is 0. The fourth-order valence-corrected chi connectivity index (χ4v) is 2.52. The largest absolute Gasteiger partial charge is 0.497 e. The number of nitrogens with zero attached hydrogens (tertiary/aromatic N) is 1. The van der Waals surface area contributed by atoms with Crippen molar-refractivity contribution in [1.82, 2.24) is 0 Å². The molecular formula is C22H18N2O7. The van der Waals surface area contributed by atoms with E-state index >= 15 is 0 Å². The van der Waals surface area contributed by atoms with Gasteiger partial charge in [0.1, 0.15) is 17.2 Å². The van der Waals surface area contributed by atoms with Crippen molar-refractivity contribution >= 4 is 23.3 Å². The molecule has 0 saturated carbocycles. The van der Waals surface area contributed by atoms with E-state index in [-0.39, 0.29) is 24.0 Å². The maximum atomic E-state index is 12.3. The Hall–Kier alpha value is -4.40. The zero-order valence-electron chi connectivity index (χ0n) is 16.4. The highest BCUT2D eigenvalue weighted by molar-refractivity contribution is 6.04. The van der Waals surface area contributed by atoms with Crippen LogP contribution in [0.25, 0.3) is 0 Å². The van der Waals surface area contributed by atoms with Crippen molar-refractivity contribution in [2.75, 3.05) is 19.0 Å². The molecule has 0 bridgehead atoms. The first kappa shape index (κ1) is 21.3. The van der Waals surface area contributed by atoms with Crippen LogP contribution in [-0.4, -0.2) is 30.5 Å². The molecular weight excluding hydrogens is 404 g/mol. The first-order valence-corrected chi connectivity index (χ1v) is 9.08. The summed E-state index contributed by atoms with van der Waals surface area (Å²) in [7, 11) is 1.56. The van der Waals surface area contributed by atoms with E-state index in [0.717, 1.165) is 0 Å². The second-order valence-electron chi connectivity index (χ2n) is 6.22. The van der Waals surface area contributed by atoms with E-state index in [1.54, 1.807) is 31.4 Å². The summed E-state index contributed by atoms with van der Waals surface area (Å²) in [6, 6.07) is 18.3. The van der Waals surface area contributed by atoms with E-state index in [4.69, 9.17) is 14.2 Å². The van der Waals surface area contributed by atoms with Gasteiger partial charge in [-0.2, -0.15) is 0 Å². The van der Waals surface area contributed by atoms with Gasteiger partial charge in [0, 0.05) is 23.4 Å². The third kappa shape index (κ3) is 6.04. The minimum atomic E-state index is -0.659. The molecule has 0 radical (unpaired) electrons. The summed E-state index contributed by atoms with van der Waals surface area (Å²) in [4.78, 5) is 34.3. The third-order valence-electron chi connectivity index (χ3n) is 4.10. The fourth-order valence-electron chi connectivity index (χ4n) is 2.52. The molecule has 3 aromatic rings. The lowest BCUT2D eigenvalue weighted by Gasteiger charge is -2.08. The molecule has 31 heavy (non-hydrogen) atoms. The molecule has 3 aromatic carbocycles. The average Bonchev–Trinajstić information content (AvgIpc) is 2.79.